The van der Waals surface area contributed by atoms with Crippen LogP contribution in [0.4, 0.5) is 0 Å². The molecule has 0 nitrogen and oxygen atoms in total. The molecule has 1 radical (unpaired) electrons. The zero-order valence-electron chi connectivity index (χ0n) is 2.91. The molecule has 2 heteroatoms. The van der Waals surface area contributed by atoms with Crippen molar-refractivity contribution in [2.24, 2.45) is 0 Å². The molecule has 0 amide bonds. The van der Waals surface area contributed by atoms with E-state index in [-0.39, 0.29) is 51.4 Å². The molecular formula is C2H4KSi. The maximum Gasteiger partial charge on any atom is 1.00 e. The molecule has 0 unspecified atom stereocenters. The third-order valence-electron chi connectivity index (χ3n) is 0.250. The second kappa shape index (κ2) is 3.06. The SMILES string of the molecule is C1C[Si-]1.[K+]. The molecule has 1 saturated heterocycles. The Balaban J connectivity index is 0.0000000900. The third-order valence-corrected chi connectivity index (χ3v) is 0.750. The molecule has 1 rings (SSSR count). The van der Waals surface area contributed by atoms with Crippen molar-refractivity contribution in [3.8, 4) is 0 Å². The van der Waals surface area contributed by atoms with Crippen LogP contribution in [-0.4, -0.2) is 9.52 Å². The quantitative estimate of drug-likeness (QED) is 0.293. The fourth-order valence-corrected chi connectivity index (χ4v) is 0. The van der Waals surface area contributed by atoms with Gasteiger partial charge in [0, 0.05) is 0 Å². The molecule has 0 saturated carbocycles. The summed E-state index contributed by atoms with van der Waals surface area (Å²) in [6.45, 7) is 0. The van der Waals surface area contributed by atoms with Gasteiger partial charge in [0.2, 0.25) is 0 Å². The fraction of sp³-hybridized carbons (Fsp3) is 1.00. The van der Waals surface area contributed by atoms with Crippen LogP contribution in [0.25, 0.3) is 0 Å². The van der Waals surface area contributed by atoms with E-state index < -0.39 is 0 Å². The van der Waals surface area contributed by atoms with Gasteiger partial charge in [0.05, 0.1) is 0 Å². The van der Waals surface area contributed by atoms with E-state index in [0.29, 0.717) is 0 Å². The van der Waals surface area contributed by atoms with Crippen LogP contribution in [0.2, 0.25) is 12.1 Å². The smallest absolute Gasteiger partial charge is 0.437 e. The summed E-state index contributed by atoms with van der Waals surface area (Å²) in [6, 6.07) is 3.06. The average Bonchev–Trinajstić information content (AvgIpc) is 1.46. The van der Waals surface area contributed by atoms with Crippen LogP contribution in [0, 0.1) is 0 Å². The summed E-state index contributed by atoms with van der Waals surface area (Å²) in [5.74, 6) is 0. The Labute approximate surface area is 71.6 Å². The molecule has 0 aromatic heterocycles. The minimum Gasteiger partial charge on any atom is -0.437 e. The number of hydrogen-bond donors (Lipinski definition) is 0. The molecule has 0 aliphatic carbocycles. The van der Waals surface area contributed by atoms with Gasteiger partial charge in [-0.25, -0.2) is 12.1 Å². The molecule has 0 aromatic rings. The molecular weight excluding hydrogens is 91.2 g/mol. The largest absolute Gasteiger partial charge is 1.00 e. The zero-order chi connectivity index (χ0) is 2.12. The Morgan fingerprint density at radius 2 is 1.50 bits per heavy atom. The summed E-state index contributed by atoms with van der Waals surface area (Å²) in [7, 11) is 1.33. The van der Waals surface area contributed by atoms with Crippen LogP contribution in [0.15, 0.2) is 0 Å². The first-order valence-corrected chi connectivity index (χ1v) is 2.62. The molecule has 0 bridgehead atoms. The Morgan fingerprint density at radius 1 is 1.25 bits per heavy atom. The topological polar surface area (TPSA) is 0 Å². The third kappa shape index (κ3) is 3.85. The first-order valence-electron chi connectivity index (χ1n) is 1.21. The van der Waals surface area contributed by atoms with Gasteiger partial charge in [-0.15, -0.1) is 0 Å². The van der Waals surface area contributed by atoms with Gasteiger partial charge in [0.25, 0.3) is 0 Å². The van der Waals surface area contributed by atoms with Crippen LogP contribution in [-0.2, 0) is 0 Å². The van der Waals surface area contributed by atoms with Crippen molar-refractivity contribution in [2.45, 2.75) is 12.1 Å². The van der Waals surface area contributed by atoms with E-state index >= 15 is 0 Å². The van der Waals surface area contributed by atoms with Gasteiger partial charge in [0.1, 0.15) is 0 Å². The molecule has 0 N–H and O–H groups in total. The van der Waals surface area contributed by atoms with Crippen LogP contribution in [0.5, 0.6) is 0 Å². The van der Waals surface area contributed by atoms with Crippen LogP contribution < -0.4 is 51.4 Å². The number of rotatable bonds is 0. The van der Waals surface area contributed by atoms with Gasteiger partial charge in [-0.2, -0.15) is 0 Å². The second-order valence-electron chi connectivity index (χ2n) is 0.750. The van der Waals surface area contributed by atoms with Gasteiger partial charge in [-0.05, 0) is 0 Å². The molecule has 17 valence electrons. The summed E-state index contributed by atoms with van der Waals surface area (Å²) in [5.41, 5.74) is 0. The fourth-order valence-electron chi connectivity index (χ4n) is 0. The van der Waals surface area contributed by atoms with Gasteiger partial charge in [-0.3, -0.25) is 0 Å². The van der Waals surface area contributed by atoms with Crippen molar-refractivity contribution in [3.63, 3.8) is 0 Å². The predicted octanol–water partition coefficient (Wildman–Crippen LogP) is -2.46. The first kappa shape index (κ1) is 5.85. The van der Waals surface area contributed by atoms with Crippen molar-refractivity contribution in [3.05, 3.63) is 0 Å². The standard InChI is InChI=1S/C2H4Si.K/c1-2-3-1;/h1-2H2;/q-1;+1. The zero-order valence-corrected chi connectivity index (χ0v) is 7.04. The molecule has 1 aliphatic rings. The Bertz CT molecular complexity index is 10.8. The van der Waals surface area contributed by atoms with E-state index in [1.165, 1.54) is 21.6 Å². The summed E-state index contributed by atoms with van der Waals surface area (Å²) in [6.07, 6.45) is 0. The van der Waals surface area contributed by atoms with Gasteiger partial charge in [-0.1, -0.05) is 0 Å². The monoisotopic (exact) mass is 95.0 g/mol. The van der Waals surface area contributed by atoms with Gasteiger partial charge in [0.15, 0.2) is 0 Å². The summed E-state index contributed by atoms with van der Waals surface area (Å²) in [5, 5.41) is 0. The van der Waals surface area contributed by atoms with E-state index in [0.717, 1.165) is 0 Å². The maximum atomic E-state index is 1.53. The molecule has 0 atom stereocenters. The van der Waals surface area contributed by atoms with Crippen molar-refractivity contribution in [1.29, 1.82) is 0 Å². The van der Waals surface area contributed by atoms with Crippen molar-refractivity contribution in [1.82, 2.24) is 0 Å². The molecule has 4 heavy (non-hydrogen) atoms. The minimum absolute atomic E-state index is 0. The van der Waals surface area contributed by atoms with Crippen LogP contribution >= 0.6 is 0 Å². The van der Waals surface area contributed by atoms with Crippen molar-refractivity contribution >= 4 is 9.52 Å². The van der Waals surface area contributed by atoms with Gasteiger partial charge >= 0.3 is 51.4 Å². The molecule has 1 aliphatic heterocycles. The van der Waals surface area contributed by atoms with E-state index in [4.69, 9.17) is 0 Å². The van der Waals surface area contributed by atoms with E-state index in [9.17, 15) is 0 Å². The summed E-state index contributed by atoms with van der Waals surface area (Å²) < 4.78 is 0. The van der Waals surface area contributed by atoms with E-state index in [1.807, 2.05) is 0 Å². The van der Waals surface area contributed by atoms with Gasteiger partial charge < -0.3 is 9.52 Å². The van der Waals surface area contributed by atoms with Crippen molar-refractivity contribution < 1.29 is 51.4 Å². The Kier molecular flexibility index (Phi) is 4.48. The first-order chi connectivity index (χ1) is 1.50. The summed E-state index contributed by atoms with van der Waals surface area (Å²) in [4.78, 5) is 0. The molecule has 0 spiro atoms. The van der Waals surface area contributed by atoms with E-state index in [2.05, 4.69) is 0 Å². The number of hydrogen-bond acceptors (Lipinski definition) is 0. The van der Waals surface area contributed by atoms with E-state index in [1.54, 1.807) is 0 Å². The average molecular weight is 95.2 g/mol. The van der Waals surface area contributed by atoms with Crippen molar-refractivity contribution in [2.75, 3.05) is 0 Å². The second-order valence-corrected chi connectivity index (χ2v) is 2.25. The predicted molar refractivity (Wildman–Crippen MR) is 15.4 cm³/mol. The minimum atomic E-state index is 0. The normalized spacial score (nSPS) is 18.0. The maximum absolute atomic E-state index is 1.53. The molecule has 1 heterocycles. The molecule has 0 aromatic carbocycles. The summed E-state index contributed by atoms with van der Waals surface area (Å²) >= 11 is 0. The van der Waals surface area contributed by atoms with Crippen LogP contribution in [0.3, 0.4) is 0 Å². The Morgan fingerprint density at radius 3 is 1.50 bits per heavy atom. The molecule has 1 fully saturated rings. The Hall–Kier alpha value is 1.85. The van der Waals surface area contributed by atoms with Crippen LogP contribution in [0.1, 0.15) is 0 Å².